The summed E-state index contributed by atoms with van der Waals surface area (Å²) in [5, 5.41) is 6.97. The van der Waals surface area contributed by atoms with E-state index in [9.17, 15) is 0 Å². The first kappa shape index (κ1) is 21.9. The SMILES string of the molecule is CN=C(NCCc1nccn1Cc1ccccc1)NC(C)c1cccc(N2CCCC2)c1. The first-order valence-corrected chi connectivity index (χ1v) is 11.6. The summed E-state index contributed by atoms with van der Waals surface area (Å²) in [5.41, 5.74) is 3.87. The van der Waals surface area contributed by atoms with E-state index in [2.05, 4.69) is 85.5 Å². The van der Waals surface area contributed by atoms with Gasteiger partial charge in [-0.1, -0.05) is 42.5 Å². The Labute approximate surface area is 191 Å². The molecule has 1 aliphatic rings. The highest BCUT2D eigenvalue weighted by Crippen LogP contribution is 2.23. The average molecular weight is 431 g/mol. The van der Waals surface area contributed by atoms with E-state index in [0.717, 1.165) is 44.4 Å². The Balaban J connectivity index is 1.29. The minimum atomic E-state index is 0.170. The lowest BCUT2D eigenvalue weighted by atomic mass is 10.1. The number of hydrogen-bond acceptors (Lipinski definition) is 3. The number of nitrogens with one attached hydrogen (secondary N) is 2. The molecule has 0 radical (unpaired) electrons. The highest BCUT2D eigenvalue weighted by atomic mass is 15.2. The molecule has 6 nitrogen and oxygen atoms in total. The molecule has 0 aliphatic carbocycles. The maximum Gasteiger partial charge on any atom is 0.191 e. The average Bonchev–Trinajstić information content (AvgIpc) is 3.52. The van der Waals surface area contributed by atoms with Crippen molar-refractivity contribution in [3.63, 3.8) is 0 Å². The zero-order valence-electron chi connectivity index (χ0n) is 19.2. The Morgan fingerprint density at radius 1 is 1.09 bits per heavy atom. The largest absolute Gasteiger partial charge is 0.372 e. The van der Waals surface area contributed by atoms with Crippen molar-refractivity contribution < 1.29 is 0 Å². The van der Waals surface area contributed by atoms with Crippen LogP contribution in [0.5, 0.6) is 0 Å². The molecule has 168 valence electrons. The first-order valence-electron chi connectivity index (χ1n) is 11.6. The summed E-state index contributed by atoms with van der Waals surface area (Å²) in [5.74, 6) is 1.88. The van der Waals surface area contributed by atoms with Gasteiger partial charge in [0, 0.05) is 57.7 Å². The predicted molar refractivity (Wildman–Crippen MR) is 132 cm³/mol. The van der Waals surface area contributed by atoms with Crippen molar-refractivity contribution >= 4 is 11.6 Å². The molecule has 1 aliphatic heterocycles. The van der Waals surface area contributed by atoms with Crippen LogP contribution in [0.1, 0.15) is 42.8 Å². The van der Waals surface area contributed by atoms with Crippen molar-refractivity contribution in [2.45, 2.75) is 38.8 Å². The van der Waals surface area contributed by atoms with Crippen molar-refractivity contribution in [1.29, 1.82) is 0 Å². The van der Waals surface area contributed by atoms with E-state index in [1.54, 1.807) is 0 Å². The van der Waals surface area contributed by atoms with Gasteiger partial charge in [-0.2, -0.15) is 0 Å². The second kappa shape index (κ2) is 10.8. The van der Waals surface area contributed by atoms with Crippen LogP contribution in [0.15, 0.2) is 72.0 Å². The quantitative estimate of drug-likeness (QED) is 0.419. The van der Waals surface area contributed by atoms with E-state index in [0.29, 0.717) is 0 Å². The smallest absolute Gasteiger partial charge is 0.191 e. The van der Waals surface area contributed by atoms with E-state index in [-0.39, 0.29) is 6.04 Å². The van der Waals surface area contributed by atoms with Crippen LogP contribution in [0, 0.1) is 0 Å². The molecule has 0 bridgehead atoms. The Hall–Kier alpha value is -3.28. The number of aliphatic imine (C=N–C) groups is 1. The van der Waals surface area contributed by atoms with Gasteiger partial charge in [-0.25, -0.2) is 4.98 Å². The minimum Gasteiger partial charge on any atom is -0.372 e. The van der Waals surface area contributed by atoms with Crippen LogP contribution in [0.3, 0.4) is 0 Å². The summed E-state index contributed by atoms with van der Waals surface area (Å²) in [4.78, 5) is 11.4. The van der Waals surface area contributed by atoms with E-state index in [1.807, 2.05) is 25.5 Å². The summed E-state index contributed by atoms with van der Waals surface area (Å²) in [6, 6.07) is 19.5. The van der Waals surface area contributed by atoms with Crippen LogP contribution in [0.25, 0.3) is 0 Å². The van der Waals surface area contributed by atoms with Crippen LogP contribution in [0.4, 0.5) is 5.69 Å². The molecule has 0 amide bonds. The summed E-state index contributed by atoms with van der Waals surface area (Å²) >= 11 is 0. The summed E-state index contributed by atoms with van der Waals surface area (Å²) in [7, 11) is 1.82. The predicted octanol–water partition coefficient (Wildman–Crippen LogP) is 4.00. The fourth-order valence-corrected chi connectivity index (χ4v) is 4.23. The Morgan fingerprint density at radius 2 is 1.91 bits per heavy atom. The highest BCUT2D eigenvalue weighted by Gasteiger charge is 2.14. The number of benzene rings is 2. The molecule has 1 saturated heterocycles. The molecule has 4 rings (SSSR count). The van der Waals surface area contributed by atoms with E-state index in [4.69, 9.17) is 0 Å². The van der Waals surface area contributed by atoms with Gasteiger partial charge in [-0.05, 0) is 43.0 Å². The molecule has 3 aromatic rings. The van der Waals surface area contributed by atoms with Crippen molar-refractivity contribution in [3.05, 3.63) is 83.9 Å². The lowest BCUT2D eigenvalue weighted by Crippen LogP contribution is -2.39. The van der Waals surface area contributed by atoms with Crippen LogP contribution >= 0.6 is 0 Å². The molecule has 2 aromatic carbocycles. The third-order valence-electron chi connectivity index (χ3n) is 6.06. The Morgan fingerprint density at radius 3 is 2.69 bits per heavy atom. The van der Waals surface area contributed by atoms with E-state index < -0.39 is 0 Å². The lowest BCUT2D eigenvalue weighted by molar-refractivity contribution is 0.666. The highest BCUT2D eigenvalue weighted by molar-refractivity contribution is 5.80. The molecule has 1 fully saturated rings. The maximum absolute atomic E-state index is 4.55. The topological polar surface area (TPSA) is 57.5 Å². The van der Waals surface area contributed by atoms with Gasteiger partial charge in [0.25, 0.3) is 0 Å². The van der Waals surface area contributed by atoms with Crippen molar-refractivity contribution in [2.75, 3.05) is 31.6 Å². The number of hydrogen-bond donors (Lipinski definition) is 2. The maximum atomic E-state index is 4.55. The molecule has 32 heavy (non-hydrogen) atoms. The normalized spacial score (nSPS) is 15.1. The molecular formula is C26H34N6. The molecule has 0 spiro atoms. The van der Waals surface area contributed by atoms with Gasteiger partial charge in [0.05, 0.1) is 6.04 Å². The van der Waals surface area contributed by atoms with Gasteiger partial charge in [-0.3, -0.25) is 4.99 Å². The standard InChI is InChI=1S/C26H34N6/c1-21(23-11-8-12-24(19-23)31-16-6-7-17-31)30-26(27-2)29-14-13-25-28-15-18-32(25)20-22-9-4-3-5-10-22/h3-5,8-12,15,18-19,21H,6-7,13-14,16-17,20H2,1-2H3,(H2,27,29,30). The number of imidazole rings is 1. The first-order chi connectivity index (χ1) is 15.7. The van der Waals surface area contributed by atoms with E-state index >= 15 is 0 Å². The van der Waals surface area contributed by atoms with Crippen molar-refractivity contribution in [2.24, 2.45) is 4.99 Å². The summed E-state index contributed by atoms with van der Waals surface area (Å²) in [6.45, 7) is 6.12. The Bertz CT molecular complexity index is 1000. The van der Waals surface area contributed by atoms with Crippen LogP contribution in [-0.4, -0.2) is 42.2 Å². The monoisotopic (exact) mass is 430 g/mol. The van der Waals surface area contributed by atoms with Gasteiger partial charge in [-0.15, -0.1) is 0 Å². The summed E-state index contributed by atoms with van der Waals surface area (Å²) < 4.78 is 2.21. The molecule has 1 atom stereocenters. The third kappa shape index (κ3) is 5.69. The fourth-order valence-electron chi connectivity index (χ4n) is 4.23. The molecule has 2 N–H and O–H groups in total. The molecule has 6 heteroatoms. The minimum absolute atomic E-state index is 0.170. The summed E-state index contributed by atoms with van der Waals surface area (Å²) in [6.07, 6.45) is 7.33. The second-order valence-corrected chi connectivity index (χ2v) is 8.36. The van der Waals surface area contributed by atoms with Crippen molar-refractivity contribution in [3.8, 4) is 0 Å². The van der Waals surface area contributed by atoms with Gasteiger partial charge in [0.2, 0.25) is 0 Å². The Kier molecular flexibility index (Phi) is 7.43. The lowest BCUT2D eigenvalue weighted by Gasteiger charge is -2.22. The number of nitrogens with zero attached hydrogens (tertiary/aromatic N) is 4. The number of rotatable bonds is 8. The molecular weight excluding hydrogens is 396 g/mol. The molecule has 2 heterocycles. The van der Waals surface area contributed by atoms with Gasteiger partial charge < -0.3 is 20.1 Å². The number of guanidine groups is 1. The molecule has 0 saturated carbocycles. The van der Waals surface area contributed by atoms with Crippen molar-refractivity contribution in [1.82, 2.24) is 20.2 Å². The fraction of sp³-hybridized carbons (Fsp3) is 0.385. The van der Waals surface area contributed by atoms with Gasteiger partial charge in [0.1, 0.15) is 5.82 Å². The van der Waals surface area contributed by atoms with Gasteiger partial charge in [0.15, 0.2) is 5.96 Å². The van der Waals surface area contributed by atoms with Gasteiger partial charge >= 0.3 is 0 Å². The van der Waals surface area contributed by atoms with Crippen LogP contribution in [0.2, 0.25) is 0 Å². The van der Waals surface area contributed by atoms with E-state index in [1.165, 1.54) is 29.7 Å². The van der Waals surface area contributed by atoms with Crippen LogP contribution in [-0.2, 0) is 13.0 Å². The molecule has 1 unspecified atom stereocenters. The number of anilines is 1. The zero-order valence-corrected chi connectivity index (χ0v) is 19.2. The second-order valence-electron chi connectivity index (χ2n) is 8.36. The molecule has 1 aromatic heterocycles. The third-order valence-corrected chi connectivity index (χ3v) is 6.06. The number of aromatic nitrogens is 2. The van der Waals surface area contributed by atoms with Crippen LogP contribution < -0.4 is 15.5 Å². The zero-order chi connectivity index (χ0) is 22.2.